The molecular weight excluding hydrogens is 349 g/mol. The standard InChI is InChI=1S/C19H14FN5O2/c20-14-4-1-12(2-5-14)10-21-18-17(24-19-22-11-23-25(18)19)13-3-6-15-16(9-13)27-8-7-26-15/h1-6,9,11H,7-8,10H2. The van der Waals surface area contributed by atoms with E-state index in [1.165, 1.54) is 18.5 Å². The molecule has 2 aliphatic heterocycles. The molecule has 5 rings (SSSR count). The summed E-state index contributed by atoms with van der Waals surface area (Å²) in [6.45, 7) is 1.42. The predicted octanol–water partition coefficient (Wildman–Crippen LogP) is 2.77. The number of benzene rings is 2. The van der Waals surface area contributed by atoms with Crippen molar-refractivity contribution >= 4 is 17.5 Å². The lowest BCUT2D eigenvalue weighted by molar-refractivity contribution is 0.171. The lowest BCUT2D eigenvalue weighted by Crippen LogP contribution is -2.21. The lowest BCUT2D eigenvalue weighted by Gasteiger charge is -2.18. The van der Waals surface area contributed by atoms with Crippen molar-refractivity contribution in [1.29, 1.82) is 0 Å². The van der Waals surface area contributed by atoms with Gasteiger partial charge in [-0.15, -0.1) is 0 Å². The van der Waals surface area contributed by atoms with Crippen molar-refractivity contribution < 1.29 is 13.9 Å². The van der Waals surface area contributed by atoms with Crippen LogP contribution in [-0.4, -0.2) is 39.5 Å². The summed E-state index contributed by atoms with van der Waals surface area (Å²) < 4.78 is 25.9. The van der Waals surface area contributed by atoms with Gasteiger partial charge in [0.05, 0.1) is 6.54 Å². The van der Waals surface area contributed by atoms with E-state index in [2.05, 4.69) is 20.1 Å². The van der Waals surface area contributed by atoms with E-state index in [0.29, 0.717) is 48.8 Å². The Kier molecular flexibility index (Phi) is 3.67. The minimum absolute atomic E-state index is 0.274. The summed E-state index contributed by atoms with van der Waals surface area (Å²) in [5, 5.41) is 4.21. The average Bonchev–Trinajstić information content (AvgIpc) is 3.29. The predicted molar refractivity (Wildman–Crippen MR) is 96.6 cm³/mol. The molecule has 1 aromatic heterocycles. The topological polar surface area (TPSA) is 73.9 Å². The average molecular weight is 363 g/mol. The van der Waals surface area contributed by atoms with Crippen LogP contribution in [0.3, 0.4) is 0 Å². The van der Waals surface area contributed by atoms with Crippen LogP contribution in [0, 0.1) is 5.82 Å². The first-order chi connectivity index (χ1) is 13.3. The maximum atomic E-state index is 13.1. The maximum Gasteiger partial charge on any atom is 0.254 e. The molecular formula is C19H14FN5O2. The van der Waals surface area contributed by atoms with Gasteiger partial charge in [0.25, 0.3) is 5.95 Å². The summed E-state index contributed by atoms with van der Waals surface area (Å²) in [6, 6.07) is 11.9. The van der Waals surface area contributed by atoms with Crippen LogP contribution in [0.15, 0.2) is 58.8 Å². The van der Waals surface area contributed by atoms with Gasteiger partial charge in [0.1, 0.15) is 31.1 Å². The van der Waals surface area contributed by atoms with Crippen molar-refractivity contribution in [3.63, 3.8) is 0 Å². The fraction of sp³-hybridized carbons (Fsp3) is 0.158. The second kappa shape index (κ2) is 6.31. The quantitative estimate of drug-likeness (QED) is 0.717. The van der Waals surface area contributed by atoms with Gasteiger partial charge in [-0.1, -0.05) is 12.1 Å². The third-order valence-corrected chi connectivity index (χ3v) is 4.29. The maximum absolute atomic E-state index is 13.1. The fourth-order valence-electron chi connectivity index (χ4n) is 2.99. The smallest absolute Gasteiger partial charge is 0.254 e. The molecule has 3 aromatic rings. The highest BCUT2D eigenvalue weighted by Gasteiger charge is 2.26. The zero-order valence-electron chi connectivity index (χ0n) is 14.2. The van der Waals surface area contributed by atoms with Crippen LogP contribution in [0.1, 0.15) is 11.1 Å². The Morgan fingerprint density at radius 3 is 2.70 bits per heavy atom. The molecule has 0 atom stereocenters. The van der Waals surface area contributed by atoms with E-state index < -0.39 is 0 Å². The van der Waals surface area contributed by atoms with Crippen molar-refractivity contribution in [3.8, 4) is 11.5 Å². The first-order valence-electron chi connectivity index (χ1n) is 8.46. The monoisotopic (exact) mass is 363 g/mol. The molecule has 0 saturated carbocycles. The van der Waals surface area contributed by atoms with E-state index >= 15 is 0 Å². The first kappa shape index (κ1) is 15.7. The number of halogens is 1. The van der Waals surface area contributed by atoms with Crippen LogP contribution in [0.25, 0.3) is 0 Å². The molecule has 0 N–H and O–H groups in total. The van der Waals surface area contributed by atoms with E-state index in [1.54, 1.807) is 16.8 Å². The fourth-order valence-corrected chi connectivity index (χ4v) is 2.99. The van der Waals surface area contributed by atoms with Gasteiger partial charge in [0, 0.05) is 5.56 Å². The summed E-state index contributed by atoms with van der Waals surface area (Å²) in [6.07, 6.45) is 1.44. The molecule has 0 radical (unpaired) electrons. The Labute approximate surface area is 153 Å². The van der Waals surface area contributed by atoms with Crippen LogP contribution in [0.5, 0.6) is 11.5 Å². The molecule has 0 unspecified atom stereocenters. The van der Waals surface area contributed by atoms with Crippen molar-refractivity contribution in [3.05, 3.63) is 65.7 Å². The number of rotatable bonds is 3. The molecule has 0 aliphatic carbocycles. The van der Waals surface area contributed by atoms with Crippen molar-refractivity contribution in [1.82, 2.24) is 14.8 Å². The number of nitrogens with zero attached hydrogens (tertiary/aromatic N) is 5. The molecule has 3 heterocycles. The highest BCUT2D eigenvalue weighted by Crippen LogP contribution is 2.32. The summed E-state index contributed by atoms with van der Waals surface area (Å²) >= 11 is 0. The number of ether oxygens (including phenoxy) is 2. The largest absolute Gasteiger partial charge is 0.486 e. The molecule has 0 spiro atoms. The highest BCUT2D eigenvalue weighted by molar-refractivity contribution is 6.50. The van der Waals surface area contributed by atoms with Crippen LogP contribution in [0.4, 0.5) is 10.3 Å². The molecule has 7 nitrogen and oxygen atoms in total. The van der Waals surface area contributed by atoms with Gasteiger partial charge in [-0.25, -0.2) is 9.38 Å². The summed E-state index contributed by atoms with van der Waals surface area (Å²) in [5.74, 6) is 2.17. The van der Waals surface area contributed by atoms with Gasteiger partial charge < -0.3 is 9.47 Å². The Bertz CT molecular complexity index is 1070. The molecule has 134 valence electrons. The zero-order valence-corrected chi connectivity index (χ0v) is 14.2. The van der Waals surface area contributed by atoms with Crippen LogP contribution in [-0.2, 0) is 6.54 Å². The van der Waals surface area contributed by atoms with Gasteiger partial charge in [-0.3, -0.25) is 4.99 Å². The summed E-state index contributed by atoms with van der Waals surface area (Å²) in [7, 11) is 0. The van der Waals surface area contributed by atoms with Crippen LogP contribution >= 0.6 is 0 Å². The number of fused-ring (bicyclic) bond motifs is 2. The number of hydrogen-bond acceptors (Lipinski definition) is 6. The SMILES string of the molecule is Fc1ccc(CN=C2C(c3ccc4c(c3)OCCO4)=Nc3ncnn32)cc1. The minimum Gasteiger partial charge on any atom is -0.486 e. The Hall–Kier alpha value is -3.55. The summed E-state index contributed by atoms with van der Waals surface area (Å²) in [4.78, 5) is 13.4. The molecule has 2 aromatic carbocycles. The Morgan fingerprint density at radius 1 is 1.04 bits per heavy atom. The number of aromatic nitrogens is 3. The minimum atomic E-state index is -0.274. The van der Waals surface area contributed by atoms with Crippen molar-refractivity contribution in [2.24, 2.45) is 9.98 Å². The van der Waals surface area contributed by atoms with Gasteiger partial charge >= 0.3 is 0 Å². The van der Waals surface area contributed by atoms with Crippen LogP contribution in [0.2, 0.25) is 0 Å². The number of aliphatic imine (C=N–C) groups is 2. The van der Waals surface area contributed by atoms with Gasteiger partial charge in [0.2, 0.25) is 0 Å². The molecule has 0 amide bonds. The van der Waals surface area contributed by atoms with E-state index in [1.807, 2.05) is 18.2 Å². The van der Waals surface area contributed by atoms with Crippen molar-refractivity contribution in [2.75, 3.05) is 13.2 Å². The van der Waals surface area contributed by atoms with E-state index in [4.69, 9.17) is 9.47 Å². The van der Waals surface area contributed by atoms with E-state index in [9.17, 15) is 4.39 Å². The third-order valence-electron chi connectivity index (χ3n) is 4.29. The lowest BCUT2D eigenvalue weighted by atomic mass is 10.1. The first-order valence-corrected chi connectivity index (χ1v) is 8.46. The normalized spacial score (nSPS) is 16.3. The molecule has 27 heavy (non-hydrogen) atoms. The van der Waals surface area contributed by atoms with E-state index in [0.717, 1.165) is 11.1 Å². The second-order valence-electron chi connectivity index (χ2n) is 6.06. The number of hydrogen-bond donors (Lipinski definition) is 0. The van der Waals surface area contributed by atoms with Crippen LogP contribution < -0.4 is 9.47 Å². The zero-order chi connectivity index (χ0) is 18.2. The second-order valence-corrected chi connectivity index (χ2v) is 6.06. The molecule has 0 fully saturated rings. The highest BCUT2D eigenvalue weighted by atomic mass is 19.1. The van der Waals surface area contributed by atoms with Gasteiger partial charge in [-0.2, -0.15) is 14.8 Å². The molecule has 0 saturated heterocycles. The molecule has 8 heteroatoms. The Morgan fingerprint density at radius 2 is 1.85 bits per heavy atom. The van der Waals surface area contributed by atoms with Gasteiger partial charge in [-0.05, 0) is 35.9 Å². The Balaban J connectivity index is 1.51. The summed E-state index contributed by atoms with van der Waals surface area (Å²) in [5.41, 5.74) is 2.38. The third kappa shape index (κ3) is 2.84. The van der Waals surface area contributed by atoms with E-state index in [-0.39, 0.29) is 5.82 Å². The molecule has 2 aliphatic rings. The van der Waals surface area contributed by atoms with Gasteiger partial charge in [0.15, 0.2) is 17.3 Å². The molecule has 0 bridgehead atoms. The van der Waals surface area contributed by atoms with Crippen molar-refractivity contribution in [2.45, 2.75) is 6.54 Å².